The minimum atomic E-state index is -3.73. The van der Waals surface area contributed by atoms with Crippen molar-refractivity contribution in [3.05, 3.63) is 42.7 Å². The molecule has 0 aliphatic carbocycles. The van der Waals surface area contributed by atoms with Crippen molar-refractivity contribution in [1.82, 2.24) is 24.5 Å². The van der Waals surface area contributed by atoms with E-state index < -0.39 is 16.1 Å². The van der Waals surface area contributed by atoms with Gasteiger partial charge in [0.25, 0.3) is 0 Å². The molecule has 26 heavy (non-hydrogen) atoms. The molecular formula is C16H19N5O4S. The zero-order valence-corrected chi connectivity index (χ0v) is 15.4. The first kappa shape index (κ1) is 18.1. The molecule has 0 fully saturated rings. The van der Waals surface area contributed by atoms with E-state index in [2.05, 4.69) is 19.9 Å². The zero-order chi connectivity index (χ0) is 18.7. The Morgan fingerprint density at radius 1 is 1.27 bits per heavy atom. The number of hydrogen-bond donors (Lipinski definition) is 1. The van der Waals surface area contributed by atoms with Gasteiger partial charge in [-0.2, -0.15) is 0 Å². The second-order valence-electron chi connectivity index (χ2n) is 5.52. The minimum absolute atomic E-state index is 0.141. The first-order valence-corrected chi connectivity index (χ1v) is 9.43. The van der Waals surface area contributed by atoms with Gasteiger partial charge in [-0.1, -0.05) is 5.10 Å². The molecule has 0 saturated heterocycles. The third kappa shape index (κ3) is 3.46. The fraction of sp³-hybridized carbons (Fsp3) is 0.312. The van der Waals surface area contributed by atoms with E-state index in [-0.39, 0.29) is 4.90 Å². The van der Waals surface area contributed by atoms with Crippen LogP contribution in [0, 0.1) is 0 Å². The average molecular weight is 377 g/mol. The highest BCUT2D eigenvalue weighted by Gasteiger charge is 2.23. The van der Waals surface area contributed by atoms with Crippen LogP contribution in [-0.2, 0) is 16.6 Å². The van der Waals surface area contributed by atoms with Gasteiger partial charge in [0.2, 0.25) is 10.0 Å². The maximum atomic E-state index is 12.7. The molecule has 1 atom stereocenters. The number of sulfonamides is 1. The molecule has 3 aromatic rings. The van der Waals surface area contributed by atoms with Gasteiger partial charge in [-0.15, -0.1) is 5.10 Å². The van der Waals surface area contributed by atoms with Crippen molar-refractivity contribution in [1.29, 1.82) is 0 Å². The number of ether oxygens (including phenoxy) is 1. The molecule has 2 aromatic heterocycles. The summed E-state index contributed by atoms with van der Waals surface area (Å²) in [6.45, 7) is 4.17. The van der Waals surface area contributed by atoms with Gasteiger partial charge in [0, 0.05) is 12.1 Å². The Hall–Kier alpha value is -2.72. The van der Waals surface area contributed by atoms with Crippen molar-refractivity contribution in [2.24, 2.45) is 0 Å². The number of methoxy groups -OCH3 is 1. The molecule has 1 N–H and O–H groups in total. The summed E-state index contributed by atoms with van der Waals surface area (Å²) >= 11 is 0. The maximum Gasteiger partial charge on any atom is 0.316 e. The molecule has 10 heteroatoms. The molecule has 2 heterocycles. The number of hydrogen-bond acceptors (Lipinski definition) is 7. The Kier molecular flexibility index (Phi) is 5.05. The van der Waals surface area contributed by atoms with E-state index in [4.69, 9.17) is 9.15 Å². The first-order chi connectivity index (χ1) is 12.5. The summed E-state index contributed by atoms with van der Waals surface area (Å²) in [6.07, 6.45) is 2.89. The van der Waals surface area contributed by atoms with Crippen LogP contribution in [0.25, 0.3) is 11.3 Å². The summed E-state index contributed by atoms with van der Waals surface area (Å²) in [5.41, 5.74) is 0.741. The number of benzene rings is 1. The molecule has 0 unspecified atom stereocenters. The third-order valence-corrected chi connectivity index (χ3v) is 5.40. The van der Waals surface area contributed by atoms with Crippen molar-refractivity contribution >= 4 is 10.0 Å². The number of nitrogens with one attached hydrogen (secondary N) is 1. The minimum Gasteiger partial charge on any atom is -0.467 e. The predicted octanol–water partition coefficient (Wildman–Crippen LogP) is 2.00. The van der Waals surface area contributed by atoms with Crippen LogP contribution in [-0.4, -0.2) is 35.3 Å². The monoisotopic (exact) mass is 377 g/mol. The molecule has 3 rings (SSSR count). The fourth-order valence-electron chi connectivity index (χ4n) is 2.58. The third-order valence-electron chi connectivity index (χ3n) is 3.84. The SMILES string of the molecule is CCn1c(OC)nnc1[C@@H](C)NS(=O)(=O)c1ccc(-c2cnco2)cc1. The number of nitrogens with zero attached hydrogens (tertiary/aromatic N) is 4. The second-order valence-corrected chi connectivity index (χ2v) is 7.24. The molecule has 0 amide bonds. The molecule has 1 aromatic carbocycles. The van der Waals surface area contributed by atoms with E-state index in [1.807, 2.05) is 6.92 Å². The number of oxazole rings is 1. The number of aromatic nitrogens is 4. The summed E-state index contributed by atoms with van der Waals surface area (Å²) in [5.74, 6) is 1.05. The fourth-order valence-corrected chi connectivity index (χ4v) is 3.78. The highest BCUT2D eigenvalue weighted by Crippen LogP contribution is 2.22. The van der Waals surface area contributed by atoms with Crippen LogP contribution in [0.1, 0.15) is 25.7 Å². The van der Waals surface area contributed by atoms with E-state index in [1.54, 1.807) is 29.8 Å². The molecule has 0 aliphatic rings. The Balaban J connectivity index is 1.81. The summed E-state index contributed by atoms with van der Waals surface area (Å²) in [6, 6.07) is 6.11. The normalized spacial score (nSPS) is 12.9. The molecule has 0 spiro atoms. The van der Waals surface area contributed by atoms with Gasteiger partial charge >= 0.3 is 6.01 Å². The number of rotatable bonds is 7. The smallest absolute Gasteiger partial charge is 0.316 e. The van der Waals surface area contributed by atoms with Crippen LogP contribution in [0.4, 0.5) is 0 Å². The van der Waals surface area contributed by atoms with Gasteiger partial charge in [0.05, 0.1) is 24.2 Å². The summed E-state index contributed by atoms with van der Waals surface area (Å²) in [4.78, 5) is 3.99. The van der Waals surface area contributed by atoms with Crippen LogP contribution < -0.4 is 9.46 Å². The van der Waals surface area contributed by atoms with Crippen LogP contribution in [0.5, 0.6) is 6.01 Å². The van der Waals surface area contributed by atoms with Crippen LogP contribution in [0.3, 0.4) is 0 Å². The molecular weight excluding hydrogens is 358 g/mol. The highest BCUT2D eigenvalue weighted by molar-refractivity contribution is 7.89. The van der Waals surface area contributed by atoms with Crippen molar-refractivity contribution < 1.29 is 17.6 Å². The van der Waals surface area contributed by atoms with Crippen LogP contribution in [0.15, 0.2) is 46.2 Å². The van der Waals surface area contributed by atoms with E-state index in [9.17, 15) is 8.42 Å². The molecule has 0 aliphatic heterocycles. The van der Waals surface area contributed by atoms with E-state index in [0.29, 0.717) is 24.1 Å². The standard InChI is InChI=1S/C16H19N5O4S/c1-4-21-15(18-19-16(21)24-3)11(2)20-26(22,23)13-7-5-12(6-8-13)14-9-17-10-25-14/h5-11,20H,4H2,1-3H3/t11-/m1/s1. The Labute approximate surface area is 151 Å². The van der Waals surface area contributed by atoms with Crippen LogP contribution in [0.2, 0.25) is 0 Å². The lowest BCUT2D eigenvalue weighted by atomic mass is 10.2. The molecule has 138 valence electrons. The van der Waals surface area contributed by atoms with Gasteiger partial charge in [-0.25, -0.2) is 18.1 Å². The van der Waals surface area contributed by atoms with Gasteiger partial charge in [0.15, 0.2) is 18.0 Å². The Morgan fingerprint density at radius 2 is 2.00 bits per heavy atom. The van der Waals surface area contributed by atoms with Crippen molar-refractivity contribution in [2.75, 3.05) is 7.11 Å². The molecule has 0 bridgehead atoms. The van der Waals surface area contributed by atoms with Gasteiger partial charge < -0.3 is 9.15 Å². The van der Waals surface area contributed by atoms with Crippen LogP contribution >= 0.6 is 0 Å². The topological polar surface area (TPSA) is 112 Å². The lowest BCUT2D eigenvalue weighted by Gasteiger charge is -2.15. The largest absolute Gasteiger partial charge is 0.467 e. The van der Waals surface area contributed by atoms with E-state index in [0.717, 1.165) is 5.56 Å². The lowest BCUT2D eigenvalue weighted by Crippen LogP contribution is -2.29. The predicted molar refractivity (Wildman–Crippen MR) is 92.9 cm³/mol. The van der Waals surface area contributed by atoms with Gasteiger partial charge in [0.1, 0.15) is 0 Å². The zero-order valence-electron chi connectivity index (χ0n) is 14.6. The Morgan fingerprint density at radius 3 is 2.58 bits per heavy atom. The Bertz CT molecular complexity index is 965. The first-order valence-electron chi connectivity index (χ1n) is 7.94. The lowest BCUT2D eigenvalue weighted by molar-refractivity contribution is 0.354. The van der Waals surface area contributed by atoms with E-state index in [1.165, 1.54) is 25.6 Å². The average Bonchev–Trinajstić information content (AvgIpc) is 3.30. The highest BCUT2D eigenvalue weighted by atomic mass is 32.2. The van der Waals surface area contributed by atoms with Gasteiger partial charge in [-0.3, -0.25) is 4.57 Å². The maximum absolute atomic E-state index is 12.7. The van der Waals surface area contributed by atoms with Crippen molar-refractivity contribution in [3.8, 4) is 17.3 Å². The summed E-state index contributed by atoms with van der Waals surface area (Å²) in [7, 11) is -2.24. The molecule has 0 saturated carbocycles. The second kappa shape index (κ2) is 7.26. The van der Waals surface area contributed by atoms with Crippen molar-refractivity contribution in [2.45, 2.75) is 31.3 Å². The molecule has 9 nitrogen and oxygen atoms in total. The quantitative estimate of drug-likeness (QED) is 0.670. The molecule has 0 radical (unpaired) electrons. The summed E-state index contributed by atoms with van der Waals surface area (Å²) < 4.78 is 40.0. The van der Waals surface area contributed by atoms with Crippen molar-refractivity contribution in [3.63, 3.8) is 0 Å². The van der Waals surface area contributed by atoms with E-state index >= 15 is 0 Å². The van der Waals surface area contributed by atoms with Gasteiger partial charge in [-0.05, 0) is 38.1 Å². The summed E-state index contributed by atoms with van der Waals surface area (Å²) in [5, 5.41) is 7.93.